The van der Waals surface area contributed by atoms with Crippen LogP contribution in [0.4, 0.5) is 0 Å². The van der Waals surface area contributed by atoms with Crippen LogP contribution in [0, 0.1) is 35.5 Å². The lowest BCUT2D eigenvalue weighted by molar-refractivity contribution is -0.127. The molecule has 0 spiro atoms. The number of hydrogen-bond acceptors (Lipinski definition) is 4. The quantitative estimate of drug-likeness (QED) is 0.633. The molecule has 1 aromatic heterocycles. The number of carboxylic acids is 1. The lowest BCUT2D eigenvalue weighted by Gasteiger charge is -2.30. The number of carboxylic acid groups (broad SMARTS) is 1. The zero-order valence-electron chi connectivity index (χ0n) is 17.6. The molecule has 0 aliphatic heterocycles. The lowest BCUT2D eigenvalue weighted by atomic mass is 9.73. The maximum absolute atomic E-state index is 13.5. The summed E-state index contributed by atoms with van der Waals surface area (Å²) in [6, 6.07) is 1.82. The van der Waals surface area contributed by atoms with Gasteiger partial charge in [-0.05, 0) is 36.3 Å². The molecule has 0 radical (unpaired) electrons. The van der Waals surface area contributed by atoms with Crippen LogP contribution in [0.3, 0.4) is 0 Å². The van der Waals surface area contributed by atoms with E-state index in [1.54, 1.807) is 7.11 Å². The fourth-order valence-corrected chi connectivity index (χ4v) is 4.89. The second kappa shape index (κ2) is 10.2. The molecule has 1 aliphatic carbocycles. The highest BCUT2D eigenvalue weighted by Crippen LogP contribution is 2.39. The van der Waals surface area contributed by atoms with Crippen molar-refractivity contribution in [1.82, 2.24) is 0 Å². The Labute approximate surface area is 172 Å². The van der Waals surface area contributed by atoms with Crippen LogP contribution < -0.4 is 0 Å². The van der Waals surface area contributed by atoms with Crippen molar-refractivity contribution in [1.29, 1.82) is 0 Å². The van der Waals surface area contributed by atoms with Crippen LogP contribution in [0.5, 0.6) is 0 Å². The van der Waals surface area contributed by atoms with E-state index in [9.17, 15) is 14.7 Å². The van der Waals surface area contributed by atoms with E-state index in [1.807, 2.05) is 26.8 Å². The summed E-state index contributed by atoms with van der Waals surface area (Å²) in [7, 11) is 1.62. The van der Waals surface area contributed by atoms with Gasteiger partial charge >= 0.3 is 5.97 Å². The minimum Gasteiger partial charge on any atom is -0.477 e. The molecule has 1 heterocycles. The van der Waals surface area contributed by atoms with Gasteiger partial charge in [0.2, 0.25) is 0 Å². The number of ketones is 1. The highest BCUT2D eigenvalue weighted by atomic mass is 32.1. The van der Waals surface area contributed by atoms with E-state index < -0.39 is 11.9 Å². The van der Waals surface area contributed by atoms with Gasteiger partial charge in [0, 0.05) is 31.5 Å². The van der Waals surface area contributed by atoms with E-state index in [0.717, 1.165) is 25.7 Å². The van der Waals surface area contributed by atoms with Crippen LogP contribution in [0.15, 0.2) is 6.07 Å². The molecular formula is C23H32O4S. The number of carbonyl (C=O) groups excluding carboxylic acids is 1. The Bertz CT molecular complexity index is 744. The first-order valence-corrected chi connectivity index (χ1v) is 11.0. The van der Waals surface area contributed by atoms with Gasteiger partial charge in [-0.15, -0.1) is 11.3 Å². The van der Waals surface area contributed by atoms with Crippen LogP contribution >= 0.6 is 11.3 Å². The van der Waals surface area contributed by atoms with Gasteiger partial charge in [-0.1, -0.05) is 52.4 Å². The first-order chi connectivity index (χ1) is 13.2. The molecule has 1 saturated carbocycles. The van der Waals surface area contributed by atoms with Crippen molar-refractivity contribution in [2.45, 2.75) is 59.3 Å². The van der Waals surface area contributed by atoms with E-state index in [-0.39, 0.29) is 28.4 Å². The number of rotatable bonds is 7. The molecule has 1 aliphatic rings. The number of Topliss-reactive ketones (excluding diaryl/α,β-unsaturated/α-hetero) is 1. The van der Waals surface area contributed by atoms with Crippen molar-refractivity contribution < 1.29 is 19.4 Å². The molecule has 1 aromatic rings. The molecule has 28 heavy (non-hydrogen) atoms. The molecule has 0 amide bonds. The largest absolute Gasteiger partial charge is 0.477 e. The summed E-state index contributed by atoms with van der Waals surface area (Å²) >= 11 is 1.17. The van der Waals surface area contributed by atoms with E-state index in [1.165, 1.54) is 11.3 Å². The van der Waals surface area contributed by atoms with E-state index in [4.69, 9.17) is 4.74 Å². The SMILES string of the molecule is COC[C@@H](C)C(c1cc(C#CC(C)C)sc1C(=O)O)C(=O)[C@H]1CC[C@H](C)CC1. The molecule has 154 valence electrons. The molecule has 0 bridgehead atoms. The lowest BCUT2D eigenvalue weighted by Crippen LogP contribution is -2.31. The molecule has 0 aromatic carbocycles. The van der Waals surface area contributed by atoms with E-state index in [2.05, 4.69) is 18.8 Å². The number of thiophene rings is 1. The standard InChI is InChI=1S/C23H32O4S/c1-14(2)6-11-18-12-19(22(28-18)23(25)26)20(16(4)13-27-5)21(24)17-9-7-15(3)8-10-17/h12,14-17,20H,7-10,13H2,1-5H3,(H,25,26)/t15-,16-,17-,20?/m1/s1. The summed E-state index contributed by atoms with van der Waals surface area (Å²) in [5.74, 6) is 5.66. The summed E-state index contributed by atoms with van der Waals surface area (Å²) in [6.07, 6.45) is 3.90. The Morgan fingerprint density at radius 1 is 1.25 bits per heavy atom. The van der Waals surface area contributed by atoms with E-state index >= 15 is 0 Å². The topological polar surface area (TPSA) is 63.6 Å². The molecule has 1 unspecified atom stereocenters. The summed E-state index contributed by atoms with van der Waals surface area (Å²) < 4.78 is 5.32. The smallest absolute Gasteiger partial charge is 0.346 e. The fraction of sp³-hybridized carbons (Fsp3) is 0.652. The summed E-state index contributed by atoms with van der Waals surface area (Å²) in [6.45, 7) is 8.61. The van der Waals surface area contributed by atoms with Crippen molar-refractivity contribution in [3.8, 4) is 11.8 Å². The number of methoxy groups -OCH3 is 1. The molecule has 2 atom stereocenters. The maximum atomic E-state index is 13.5. The predicted octanol–water partition coefficient (Wildman–Crippen LogP) is 5.22. The molecular weight excluding hydrogens is 372 g/mol. The number of aromatic carboxylic acids is 1. The summed E-state index contributed by atoms with van der Waals surface area (Å²) in [5, 5.41) is 9.76. The average molecular weight is 405 g/mol. The molecule has 5 heteroatoms. The van der Waals surface area contributed by atoms with Crippen molar-refractivity contribution in [3.05, 3.63) is 21.4 Å². The fourth-order valence-electron chi connectivity index (χ4n) is 3.98. The molecule has 1 fully saturated rings. The van der Waals surface area contributed by atoms with Crippen LogP contribution in [0.2, 0.25) is 0 Å². The average Bonchev–Trinajstić information content (AvgIpc) is 3.05. The van der Waals surface area contributed by atoms with Gasteiger partial charge in [-0.3, -0.25) is 4.79 Å². The molecule has 4 nitrogen and oxygen atoms in total. The van der Waals surface area contributed by atoms with Crippen LogP contribution in [0.1, 0.15) is 79.4 Å². The zero-order valence-corrected chi connectivity index (χ0v) is 18.4. The van der Waals surface area contributed by atoms with Crippen molar-refractivity contribution >= 4 is 23.1 Å². The third-order valence-corrected chi connectivity index (χ3v) is 6.55. The Kier molecular flexibility index (Phi) is 8.27. The van der Waals surface area contributed by atoms with Crippen molar-refractivity contribution in [2.24, 2.45) is 23.7 Å². The van der Waals surface area contributed by atoms with Gasteiger partial charge in [-0.2, -0.15) is 0 Å². The van der Waals surface area contributed by atoms with Crippen LogP contribution in [0.25, 0.3) is 0 Å². The van der Waals surface area contributed by atoms with Gasteiger partial charge in [0.25, 0.3) is 0 Å². The second-order valence-electron chi connectivity index (χ2n) is 8.39. The highest BCUT2D eigenvalue weighted by molar-refractivity contribution is 7.14. The zero-order chi connectivity index (χ0) is 20.8. The van der Waals surface area contributed by atoms with Gasteiger partial charge in [0.1, 0.15) is 10.7 Å². The molecule has 2 rings (SSSR count). The molecule has 1 N–H and O–H groups in total. The monoisotopic (exact) mass is 404 g/mol. The number of hydrogen-bond donors (Lipinski definition) is 1. The van der Waals surface area contributed by atoms with Gasteiger partial charge in [0.05, 0.1) is 4.88 Å². The third kappa shape index (κ3) is 5.68. The van der Waals surface area contributed by atoms with Gasteiger partial charge in [-0.25, -0.2) is 4.79 Å². The van der Waals surface area contributed by atoms with E-state index in [0.29, 0.717) is 23.0 Å². The Morgan fingerprint density at radius 2 is 1.89 bits per heavy atom. The van der Waals surface area contributed by atoms with Crippen molar-refractivity contribution in [2.75, 3.05) is 13.7 Å². The summed E-state index contributed by atoms with van der Waals surface area (Å²) in [5.41, 5.74) is 0.610. The minimum atomic E-state index is -0.989. The third-order valence-electron chi connectivity index (χ3n) is 5.50. The Morgan fingerprint density at radius 3 is 2.43 bits per heavy atom. The van der Waals surface area contributed by atoms with Crippen LogP contribution in [-0.4, -0.2) is 30.6 Å². The first kappa shape index (κ1) is 22.6. The maximum Gasteiger partial charge on any atom is 0.346 e. The second-order valence-corrected chi connectivity index (χ2v) is 9.45. The van der Waals surface area contributed by atoms with Crippen molar-refractivity contribution in [3.63, 3.8) is 0 Å². The Hall–Kier alpha value is -1.64. The number of ether oxygens (including phenoxy) is 1. The summed E-state index contributed by atoms with van der Waals surface area (Å²) in [4.78, 5) is 26.4. The van der Waals surface area contributed by atoms with Gasteiger partial charge < -0.3 is 9.84 Å². The first-order valence-electron chi connectivity index (χ1n) is 10.2. The Balaban J connectivity index is 2.44. The normalized spacial score (nSPS) is 21.6. The number of carbonyl (C=O) groups is 2. The highest BCUT2D eigenvalue weighted by Gasteiger charge is 2.37. The minimum absolute atomic E-state index is 0.00671. The van der Waals surface area contributed by atoms with Crippen LogP contribution in [-0.2, 0) is 9.53 Å². The predicted molar refractivity (Wildman–Crippen MR) is 113 cm³/mol. The molecule has 0 saturated heterocycles. The van der Waals surface area contributed by atoms with Gasteiger partial charge in [0.15, 0.2) is 0 Å².